The fourth-order valence-electron chi connectivity index (χ4n) is 2.90. The van der Waals surface area contributed by atoms with Crippen LogP contribution >= 0.6 is 0 Å². The van der Waals surface area contributed by atoms with Gasteiger partial charge in [-0.2, -0.15) is 5.10 Å². The third-order valence-electron chi connectivity index (χ3n) is 4.19. The first kappa shape index (κ1) is 15.6. The summed E-state index contributed by atoms with van der Waals surface area (Å²) < 4.78 is 7.99. The van der Waals surface area contributed by atoms with Crippen LogP contribution in [0.25, 0.3) is 22.4 Å². The Morgan fingerprint density at radius 3 is 2.96 bits per heavy atom. The van der Waals surface area contributed by atoms with Gasteiger partial charge in [-0.3, -0.25) is 5.10 Å². The highest BCUT2D eigenvalue weighted by Gasteiger charge is 2.13. The second-order valence-corrected chi connectivity index (χ2v) is 6.27. The number of furan rings is 1. The topological polar surface area (TPSA) is 84.6 Å². The third kappa shape index (κ3) is 3.06. The summed E-state index contributed by atoms with van der Waals surface area (Å²) in [6, 6.07) is 10.3. The molecule has 0 unspecified atom stereocenters. The van der Waals surface area contributed by atoms with E-state index < -0.39 is 0 Å². The molecule has 1 aromatic carbocycles. The Morgan fingerprint density at radius 2 is 2.12 bits per heavy atom. The van der Waals surface area contributed by atoms with Crippen LogP contribution in [0.1, 0.15) is 31.3 Å². The molecule has 0 aliphatic rings. The minimum Gasteiger partial charge on any atom is -0.454 e. The van der Waals surface area contributed by atoms with Crippen molar-refractivity contribution >= 4 is 11.0 Å². The molecule has 0 amide bonds. The zero-order chi connectivity index (χ0) is 17.2. The molecule has 7 heteroatoms. The highest BCUT2D eigenvalue weighted by atomic mass is 16.3. The van der Waals surface area contributed by atoms with E-state index in [0.29, 0.717) is 19.1 Å². The van der Waals surface area contributed by atoms with Crippen molar-refractivity contribution in [3.63, 3.8) is 0 Å². The zero-order valence-corrected chi connectivity index (χ0v) is 14.2. The number of nitrogens with one attached hydrogen (secondary N) is 2. The van der Waals surface area contributed by atoms with E-state index in [0.717, 1.165) is 33.8 Å². The molecule has 0 atom stereocenters. The van der Waals surface area contributed by atoms with Gasteiger partial charge in [-0.1, -0.05) is 18.2 Å². The largest absolute Gasteiger partial charge is 0.454 e. The van der Waals surface area contributed by atoms with Crippen LogP contribution in [0.4, 0.5) is 0 Å². The van der Waals surface area contributed by atoms with E-state index in [9.17, 15) is 0 Å². The molecule has 0 bridgehead atoms. The lowest BCUT2D eigenvalue weighted by Crippen LogP contribution is -2.17. The summed E-state index contributed by atoms with van der Waals surface area (Å²) in [6.45, 7) is 5.53. The number of para-hydroxylation sites is 1. The van der Waals surface area contributed by atoms with Crippen LogP contribution in [0.15, 0.2) is 47.3 Å². The van der Waals surface area contributed by atoms with Gasteiger partial charge in [0.1, 0.15) is 23.4 Å². The summed E-state index contributed by atoms with van der Waals surface area (Å²) in [7, 11) is 0. The average Bonchev–Trinajstić information content (AvgIpc) is 3.33. The molecular formula is C18H20N6O. The molecule has 3 aromatic heterocycles. The van der Waals surface area contributed by atoms with Gasteiger partial charge in [0.2, 0.25) is 0 Å². The van der Waals surface area contributed by atoms with Crippen molar-refractivity contribution < 1.29 is 4.42 Å². The van der Waals surface area contributed by atoms with Crippen molar-refractivity contribution in [2.24, 2.45) is 0 Å². The van der Waals surface area contributed by atoms with E-state index >= 15 is 0 Å². The molecule has 7 nitrogen and oxygen atoms in total. The van der Waals surface area contributed by atoms with E-state index in [1.807, 2.05) is 36.5 Å². The van der Waals surface area contributed by atoms with Crippen LogP contribution in [-0.2, 0) is 13.1 Å². The number of fused-ring (bicyclic) bond motifs is 1. The molecule has 0 aliphatic carbocycles. The molecule has 3 heterocycles. The van der Waals surface area contributed by atoms with Gasteiger partial charge in [0.25, 0.3) is 0 Å². The molecule has 4 aromatic rings. The Kier molecular flexibility index (Phi) is 4.07. The summed E-state index contributed by atoms with van der Waals surface area (Å²) in [5.41, 5.74) is 2.82. The van der Waals surface area contributed by atoms with E-state index in [1.165, 1.54) is 0 Å². The molecule has 0 aliphatic heterocycles. The summed E-state index contributed by atoms with van der Waals surface area (Å²) >= 11 is 0. The molecule has 0 spiro atoms. The maximum Gasteiger partial charge on any atom is 0.153 e. The quantitative estimate of drug-likeness (QED) is 0.564. The van der Waals surface area contributed by atoms with Crippen molar-refractivity contribution in [2.75, 3.05) is 0 Å². The number of rotatable bonds is 6. The second kappa shape index (κ2) is 6.52. The summed E-state index contributed by atoms with van der Waals surface area (Å²) in [5.74, 6) is 1.71. The van der Waals surface area contributed by atoms with Crippen molar-refractivity contribution in [3.8, 4) is 11.5 Å². The number of aromatic nitrogens is 5. The van der Waals surface area contributed by atoms with E-state index in [4.69, 9.17) is 4.42 Å². The Balaban J connectivity index is 1.49. The summed E-state index contributed by atoms with van der Waals surface area (Å²) in [4.78, 5) is 0. The fourth-order valence-corrected chi connectivity index (χ4v) is 2.90. The minimum absolute atomic E-state index is 0.340. The maximum absolute atomic E-state index is 5.93. The third-order valence-corrected chi connectivity index (χ3v) is 4.19. The van der Waals surface area contributed by atoms with Gasteiger partial charge in [0.15, 0.2) is 5.76 Å². The summed E-state index contributed by atoms with van der Waals surface area (Å²) in [5, 5.41) is 19.9. The predicted octanol–water partition coefficient (Wildman–Crippen LogP) is 3.29. The standard InChI is InChI=1S/C18H20N6O/c1-12(2)24-11-21-22-17(24)10-19-8-14-9-20-23-18(14)16-7-13-5-3-4-6-15(13)25-16/h3-7,9,11-12,19H,8,10H2,1-2H3,(H,20,23). The fraction of sp³-hybridized carbons (Fsp3) is 0.278. The van der Waals surface area contributed by atoms with Gasteiger partial charge in [0.05, 0.1) is 12.7 Å². The highest BCUT2D eigenvalue weighted by Crippen LogP contribution is 2.28. The molecule has 25 heavy (non-hydrogen) atoms. The first-order valence-electron chi connectivity index (χ1n) is 8.32. The van der Waals surface area contributed by atoms with Gasteiger partial charge in [0, 0.05) is 23.5 Å². The number of aromatic amines is 1. The van der Waals surface area contributed by atoms with Crippen LogP contribution in [0.2, 0.25) is 0 Å². The Labute approximate surface area is 145 Å². The number of hydrogen-bond donors (Lipinski definition) is 2. The minimum atomic E-state index is 0.340. The Hall–Kier alpha value is -2.93. The zero-order valence-electron chi connectivity index (χ0n) is 14.2. The number of nitrogens with zero attached hydrogens (tertiary/aromatic N) is 4. The molecule has 2 N–H and O–H groups in total. The van der Waals surface area contributed by atoms with Crippen LogP contribution in [0, 0.1) is 0 Å². The predicted molar refractivity (Wildman–Crippen MR) is 94.7 cm³/mol. The van der Waals surface area contributed by atoms with Crippen molar-refractivity contribution in [3.05, 3.63) is 54.2 Å². The van der Waals surface area contributed by atoms with Crippen LogP contribution < -0.4 is 5.32 Å². The normalized spacial score (nSPS) is 11.6. The lowest BCUT2D eigenvalue weighted by atomic mass is 10.2. The molecule has 128 valence electrons. The lowest BCUT2D eigenvalue weighted by Gasteiger charge is -2.10. The van der Waals surface area contributed by atoms with Crippen molar-refractivity contribution in [1.82, 2.24) is 30.3 Å². The second-order valence-electron chi connectivity index (χ2n) is 6.27. The molecule has 0 fully saturated rings. The SMILES string of the molecule is CC(C)n1cnnc1CNCc1cn[nH]c1-c1cc2ccccc2o1. The monoisotopic (exact) mass is 336 g/mol. The first-order valence-corrected chi connectivity index (χ1v) is 8.32. The molecule has 0 saturated heterocycles. The van der Waals surface area contributed by atoms with Crippen molar-refractivity contribution in [1.29, 1.82) is 0 Å². The maximum atomic E-state index is 5.93. The lowest BCUT2D eigenvalue weighted by molar-refractivity contribution is 0.541. The van der Waals surface area contributed by atoms with Gasteiger partial charge in [-0.25, -0.2) is 0 Å². The van der Waals surface area contributed by atoms with Crippen molar-refractivity contribution in [2.45, 2.75) is 33.0 Å². The molecular weight excluding hydrogens is 316 g/mol. The van der Waals surface area contributed by atoms with Gasteiger partial charge >= 0.3 is 0 Å². The molecule has 4 rings (SSSR count). The Bertz CT molecular complexity index is 947. The van der Waals surface area contributed by atoms with E-state index in [2.05, 4.69) is 44.1 Å². The number of hydrogen-bond acceptors (Lipinski definition) is 5. The van der Waals surface area contributed by atoms with Gasteiger partial charge in [-0.05, 0) is 26.0 Å². The van der Waals surface area contributed by atoms with Gasteiger partial charge < -0.3 is 14.3 Å². The number of H-pyrrole nitrogens is 1. The number of benzene rings is 1. The Morgan fingerprint density at radius 1 is 1.24 bits per heavy atom. The molecule has 0 radical (unpaired) electrons. The van der Waals surface area contributed by atoms with Gasteiger partial charge in [-0.15, -0.1) is 10.2 Å². The smallest absolute Gasteiger partial charge is 0.153 e. The van der Waals surface area contributed by atoms with E-state index in [-0.39, 0.29) is 0 Å². The molecule has 0 saturated carbocycles. The van der Waals surface area contributed by atoms with Crippen LogP contribution in [0.5, 0.6) is 0 Å². The average molecular weight is 336 g/mol. The van der Waals surface area contributed by atoms with E-state index in [1.54, 1.807) is 6.33 Å². The van der Waals surface area contributed by atoms with Crippen LogP contribution in [-0.4, -0.2) is 25.0 Å². The first-order chi connectivity index (χ1) is 12.2. The highest BCUT2D eigenvalue weighted by molar-refractivity contribution is 5.82. The van der Waals surface area contributed by atoms with Crippen LogP contribution in [0.3, 0.4) is 0 Å². The summed E-state index contributed by atoms with van der Waals surface area (Å²) in [6.07, 6.45) is 3.59.